The molecule has 0 atom stereocenters. The summed E-state index contributed by atoms with van der Waals surface area (Å²) in [5, 5.41) is 0. The van der Waals surface area contributed by atoms with E-state index in [-0.39, 0.29) is 12.2 Å². The second kappa shape index (κ2) is 4.24. The lowest BCUT2D eigenvalue weighted by molar-refractivity contribution is 0.0993. The molecule has 60 valence electrons. The number of ketones is 1. The standard InChI is InChI=1S/C9H8N2O/c1-2-3-4-9(12)8-7-10-5-6-11-8/h5-7H,4H2,1H3. The first-order valence-electron chi connectivity index (χ1n) is 3.53. The number of Topliss-reactive ketones (excluding diaryl/α,β-unsaturated/α-hetero) is 1. The molecule has 0 fully saturated rings. The molecular weight excluding hydrogens is 152 g/mol. The number of hydrogen-bond acceptors (Lipinski definition) is 3. The van der Waals surface area contributed by atoms with Gasteiger partial charge in [0.25, 0.3) is 0 Å². The Hall–Kier alpha value is -1.69. The van der Waals surface area contributed by atoms with Crippen LogP contribution in [0.5, 0.6) is 0 Å². The molecule has 0 amide bonds. The molecule has 3 heteroatoms. The SMILES string of the molecule is CC#CCC(=O)c1cnccn1. The van der Waals surface area contributed by atoms with Crippen molar-refractivity contribution in [1.82, 2.24) is 9.97 Å². The predicted molar refractivity (Wildman–Crippen MR) is 44.4 cm³/mol. The summed E-state index contributed by atoms with van der Waals surface area (Å²) in [5.41, 5.74) is 0.375. The maximum Gasteiger partial charge on any atom is 0.194 e. The molecule has 0 bridgehead atoms. The van der Waals surface area contributed by atoms with Crippen molar-refractivity contribution in [1.29, 1.82) is 0 Å². The molecule has 1 aromatic rings. The lowest BCUT2D eigenvalue weighted by Crippen LogP contribution is -2.00. The molecule has 1 heterocycles. The van der Waals surface area contributed by atoms with E-state index >= 15 is 0 Å². The Morgan fingerprint density at radius 1 is 1.58 bits per heavy atom. The van der Waals surface area contributed by atoms with Crippen LogP contribution in [0.25, 0.3) is 0 Å². The highest BCUT2D eigenvalue weighted by Gasteiger charge is 2.03. The van der Waals surface area contributed by atoms with Gasteiger partial charge in [-0.3, -0.25) is 9.78 Å². The van der Waals surface area contributed by atoms with Crippen molar-refractivity contribution in [3.8, 4) is 11.8 Å². The zero-order chi connectivity index (χ0) is 8.81. The summed E-state index contributed by atoms with van der Waals surface area (Å²) in [7, 11) is 0. The quantitative estimate of drug-likeness (QED) is 0.480. The van der Waals surface area contributed by atoms with Gasteiger partial charge in [0.2, 0.25) is 0 Å². The smallest absolute Gasteiger partial charge is 0.194 e. The van der Waals surface area contributed by atoms with E-state index in [1.165, 1.54) is 18.6 Å². The fourth-order valence-electron chi connectivity index (χ4n) is 0.702. The monoisotopic (exact) mass is 160 g/mol. The lowest BCUT2D eigenvalue weighted by Gasteiger charge is -1.91. The topological polar surface area (TPSA) is 42.9 Å². The van der Waals surface area contributed by atoms with Gasteiger partial charge in [-0.2, -0.15) is 0 Å². The molecule has 3 nitrogen and oxygen atoms in total. The maximum absolute atomic E-state index is 11.2. The van der Waals surface area contributed by atoms with Gasteiger partial charge in [0, 0.05) is 12.4 Å². The Bertz CT molecular complexity index is 321. The van der Waals surface area contributed by atoms with E-state index in [1.54, 1.807) is 6.92 Å². The molecule has 0 aliphatic heterocycles. The van der Waals surface area contributed by atoms with Crippen molar-refractivity contribution in [3.63, 3.8) is 0 Å². The van der Waals surface area contributed by atoms with Gasteiger partial charge in [0.05, 0.1) is 12.6 Å². The van der Waals surface area contributed by atoms with E-state index in [2.05, 4.69) is 21.8 Å². The Balaban J connectivity index is 2.70. The highest BCUT2D eigenvalue weighted by molar-refractivity contribution is 5.95. The van der Waals surface area contributed by atoms with Crippen LogP contribution in [0.3, 0.4) is 0 Å². The summed E-state index contributed by atoms with van der Waals surface area (Å²) < 4.78 is 0. The van der Waals surface area contributed by atoms with E-state index < -0.39 is 0 Å². The van der Waals surface area contributed by atoms with Crippen LogP contribution in [-0.2, 0) is 0 Å². The van der Waals surface area contributed by atoms with Crippen molar-refractivity contribution < 1.29 is 4.79 Å². The Kier molecular flexibility index (Phi) is 2.97. The fourth-order valence-corrected chi connectivity index (χ4v) is 0.702. The van der Waals surface area contributed by atoms with Crippen molar-refractivity contribution in [2.24, 2.45) is 0 Å². The van der Waals surface area contributed by atoms with Gasteiger partial charge in [-0.1, -0.05) is 5.92 Å². The van der Waals surface area contributed by atoms with Gasteiger partial charge in [-0.15, -0.1) is 5.92 Å². The van der Waals surface area contributed by atoms with Crippen molar-refractivity contribution in [3.05, 3.63) is 24.3 Å². The predicted octanol–water partition coefficient (Wildman–Crippen LogP) is 1.07. The van der Waals surface area contributed by atoms with Gasteiger partial charge in [-0.25, -0.2) is 4.98 Å². The molecule has 0 N–H and O–H groups in total. The van der Waals surface area contributed by atoms with Crippen LogP contribution in [-0.4, -0.2) is 15.8 Å². The Morgan fingerprint density at radius 3 is 3.00 bits per heavy atom. The van der Waals surface area contributed by atoms with E-state index in [0.717, 1.165) is 0 Å². The van der Waals surface area contributed by atoms with Crippen LogP contribution in [0.4, 0.5) is 0 Å². The van der Waals surface area contributed by atoms with Gasteiger partial charge < -0.3 is 0 Å². The summed E-state index contributed by atoms with van der Waals surface area (Å²) in [6.07, 6.45) is 4.68. The Morgan fingerprint density at radius 2 is 2.42 bits per heavy atom. The molecule has 0 aromatic carbocycles. The number of carbonyl (C=O) groups is 1. The van der Waals surface area contributed by atoms with E-state index in [1.807, 2.05) is 0 Å². The summed E-state index contributed by atoms with van der Waals surface area (Å²) in [4.78, 5) is 18.8. The zero-order valence-corrected chi connectivity index (χ0v) is 6.74. The highest BCUT2D eigenvalue weighted by Crippen LogP contribution is 1.95. The average molecular weight is 160 g/mol. The lowest BCUT2D eigenvalue weighted by atomic mass is 10.2. The van der Waals surface area contributed by atoms with Gasteiger partial charge in [0.15, 0.2) is 5.78 Å². The molecule has 1 rings (SSSR count). The minimum absolute atomic E-state index is 0.0857. The summed E-state index contributed by atoms with van der Waals surface area (Å²) >= 11 is 0. The number of hydrogen-bond donors (Lipinski definition) is 0. The number of aromatic nitrogens is 2. The number of carbonyl (C=O) groups excluding carboxylic acids is 1. The summed E-state index contributed by atoms with van der Waals surface area (Å²) in [6, 6.07) is 0. The molecule has 0 saturated carbocycles. The van der Waals surface area contributed by atoms with Crippen LogP contribution in [0.2, 0.25) is 0 Å². The van der Waals surface area contributed by atoms with E-state index in [9.17, 15) is 4.79 Å². The first-order chi connectivity index (χ1) is 5.84. The first-order valence-corrected chi connectivity index (χ1v) is 3.53. The van der Waals surface area contributed by atoms with Crippen LogP contribution < -0.4 is 0 Å². The van der Waals surface area contributed by atoms with Crippen LogP contribution >= 0.6 is 0 Å². The van der Waals surface area contributed by atoms with Crippen molar-refractivity contribution in [2.45, 2.75) is 13.3 Å². The minimum Gasteiger partial charge on any atom is -0.291 e. The fraction of sp³-hybridized carbons (Fsp3) is 0.222. The number of nitrogens with zero attached hydrogens (tertiary/aromatic N) is 2. The van der Waals surface area contributed by atoms with Gasteiger partial charge in [0.1, 0.15) is 5.69 Å². The van der Waals surface area contributed by atoms with Crippen LogP contribution in [0.1, 0.15) is 23.8 Å². The van der Waals surface area contributed by atoms with Gasteiger partial charge in [-0.05, 0) is 6.92 Å². The second-order valence-corrected chi connectivity index (χ2v) is 2.12. The van der Waals surface area contributed by atoms with E-state index in [4.69, 9.17) is 0 Å². The third-order valence-electron chi connectivity index (χ3n) is 1.27. The largest absolute Gasteiger partial charge is 0.291 e. The molecule has 12 heavy (non-hydrogen) atoms. The maximum atomic E-state index is 11.2. The first kappa shape index (κ1) is 8.41. The molecule has 0 saturated heterocycles. The van der Waals surface area contributed by atoms with E-state index in [0.29, 0.717) is 5.69 Å². The number of rotatable bonds is 2. The van der Waals surface area contributed by atoms with Crippen LogP contribution in [0.15, 0.2) is 18.6 Å². The zero-order valence-electron chi connectivity index (χ0n) is 6.74. The molecular formula is C9H8N2O. The third-order valence-corrected chi connectivity index (χ3v) is 1.27. The Labute approximate surface area is 70.9 Å². The third kappa shape index (κ3) is 2.17. The molecule has 0 radical (unpaired) electrons. The van der Waals surface area contributed by atoms with Gasteiger partial charge >= 0.3 is 0 Å². The molecule has 0 aliphatic rings. The molecule has 0 aliphatic carbocycles. The van der Waals surface area contributed by atoms with Crippen molar-refractivity contribution in [2.75, 3.05) is 0 Å². The molecule has 0 unspecified atom stereocenters. The summed E-state index contributed by atoms with van der Waals surface area (Å²) in [5.74, 6) is 5.24. The molecule has 1 aromatic heterocycles. The van der Waals surface area contributed by atoms with Crippen LogP contribution in [0, 0.1) is 11.8 Å². The minimum atomic E-state index is -0.0857. The van der Waals surface area contributed by atoms with Crippen molar-refractivity contribution >= 4 is 5.78 Å². The summed E-state index contributed by atoms with van der Waals surface area (Å²) in [6.45, 7) is 1.70. The normalized spacial score (nSPS) is 8.42. The second-order valence-electron chi connectivity index (χ2n) is 2.12. The average Bonchev–Trinajstić information content (AvgIpc) is 2.15. The molecule has 0 spiro atoms. The highest BCUT2D eigenvalue weighted by atomic mass is 16.1.